The van der Waals surface area contributed by atoms with Crippen molar-refractivity contribution in [2.24, 2.45) is 0 Å². The maximum absolute atomic E-state index is 4.60. The molecule has 2 atom stereocenters. The molecule has 2 nitrogen and oxygen atoms in total. The summed E-state index contributed by atoms with van der Waals surface area (Å²) in [4.78, 5) is 4.60. The van der Waals surface area contributed by atoms with Gasteiger partial charge in [-0.15, -0.1) is 0 Å². The molecule has 0 bridgehead atoms. The summed E-state index contributed by atoms with van der Waals surface area (Å²) in [6.07, 6.45) is 6.55. The largest absolute Gasteiger partial charge is 0.313 e. The minimum absolute atomic E-state index is 0.536. The summed E-state index contributed by atoms with van der Waals surface area (Å²) in [6.45, 7) is 10.1. The van der Waals surface area contributed by atoms with Gasteiger partial charge in [0.1, 0.15) is 0 Å². The van der Waals surface area contributed by atoms with Crippen molar-refractivity contribution in [3.63, 3.8) is 0 Å². The normalized spacial score (nSPS) is 14.2. The van der Waals surface area contributed by atoms with Gasteiger partial charge < -0.3 is 5.32 Å². The number of hydrogen-bond acceptors (Lipinski definition) is 3. The van der Waals surface area contributed by atoms with Crippen molar-refractivity contribution < 1.29 is 0 Å². The van der Waals surface area contributed by atoms with E-state index < -0.39 is 0 Å². The second-order valence-corrected chi connectivity index (χ2v) is 6.89. The zero-order chi connectivity index (χ0) is 14.8. The SMILES string of the molecule is CCCNC(CSC(C)CC)Cc1ccc(CC)cn1. The maximum Gasteiger partial charge on any atom is 0.0419 e. The molecule has 114 valence electrons. The van der Waals surface area contributed by atoms with E-state index >= 15 is 0 Å². The van der Waals surface area contributed by atoms with E-state index in [9.17, 15) is 0 Å². The molecule has 0 aliphatic heterocycles. The van der Waals surface area contributed by atoms with Gasteiger partial charge in [0.2, 0.25) is 0 Å². The van der Waals surface area contributed by atoms with Crippen LogP contribution in [0.15, 0.2) is 18.3 Å². The molecule has 1 heterocycles. The van der Waals surface area contributed by atoms with Crippen LogP contribution in [0.3, 0.4) is 0 Å². The molecular weight excluding hydrogens is 264 g/mol. The van der Waals surface area contributed by atoms with E-state index in [2.05, 4.69) is 61.9 Å². The summed E-state index contributed by atoms with van der Waals surface area (Å²) in [5, 5.41) is 4.41. The number of nitrogens with one attached hydrogen (secondary N) is 1. The number of rotatable bonds is 10. The van der Waals surface area contributed by atoms with E-state index in [0.717, 1.165) is 24.6 Å². The van der Waals surface area contributed by atoms with Crippen LogP contribution < -0.4 is 5.32 Å². The first-order valence-electron chi connectivity index (χ1n) is 7.98. The van der Waals surface area contributed by atoms with Crippen LogP contribution in [-0.2, 0) is 12.8 Å². The number of thioether (sulfide) groups is 1. The molecule has 20 heavy (non-hydrogen) atoms. The van der Waals surface area contributed by atoms with Gasteiger partial charge in [-0.3, -0.25) is 4.98 Å². The molecule has 1 aromatic heterocycles. The van der Waals surface area contributed by atoms with Crippen LogP contribution in [0, 0.1) is 0 Å². The first-order valence-corrected chi connectivity index (χ1v) is 9.03. The van der Waals surface area contributed by atoms with Crippen LogP contribution >= 0.6 is 11.8 Å². The molecule has 0 aromatic carbocycles. The summed E-state index contributed by atoms with van der Waals surface area (Å²) >= 11 is 2.07. The van der Waals surface area contributed by atoms with E-state index in [1.807, 2.05) is 6.20 Å². The van der Waals surface area contributed by atoms with Crippen molar-refractivity contribution in [1.29, 1.82) is 0 Å². The second-order valence-electron chi connectivity index (χ2n) is 5.42. The second kappa shape index (κ2) is 10.2. The van der Waals surface area contributed by atoms with Crippen LogP contribution in [0.4, 0.5) is 0 Å². The smallest absolute Gasteiger partial charge is 0.0419 e. The van der Waals surface area contributed by atoms with Crippen molar-refractivity contribution in [2.75, 3.05) is 12.3 Å². The Balaban J connectivity index is 2.53. The summed E-state index contributed by atoms with van der Waals surface area (Å²) in [7, 11) is 0. The van der Waals surface area contributed by atoms with E-state index in [1.165, 1.54) is 29.9 Å². The molecule has 0 saturated heterocycles. The Morgan fingerprint density at radius 2 is 2.05 bits per heavy atom. The fraction of sp³-hybridized carbons (Fsp3) is 0.706. The minimum atomic E-state index is 0.536. The zero-order valence-electron chi connectivity index (χ0n) is 13.5. The molecule has 0 radical (unpaired) electrons. The van der Waals surface area contributed by atoms with Crippen molar-refractivity contribution in [3.8, 4) is 0 Å². The Labute approximate surface area is 129 Å². The lowest BCUT2D eigenvalue weighted by atomic mass is 10.1. The molecule has 0 spiro atoms. The van der Waals surface area contributed by atoms with Gasteiger partial charge in [0.15, 0.2) is 0 Å². The van der Waals surface area contributed by atoms with Crippen LogP contribution in [-0.4, -0.2) is 28.6 Å². The van der Waals surface area contributed by atoms with Crippen LogP contribution in [0.25, 0.3) is 0 Å². The number of aryl methyl sites for hydroxylation is 1. The van der Waals surface area contributed by atoms with Crippen LogP contribution in [0.5, 0.6) is 0 Å². The van der Waals surface area contributed by atoms with Gasteiger partial charge in [0, 0.05) is 35.4 Å². The molecule has 0 fully saturated rings. The molecular formula is C17H30N2S. The average Bonchev–Trinajstić information content (AvgIpc) is 2.50. The lowest BCUT2D eigenvalue weighted by molar-refractivity contribution is 0.544. The summed E-state index contributed by atoms with van der Waals surface area (Å²) in [6, 6.07) is 4.93. The Kier molecular flexibility index (Phi) is 8.95. The molecule has 2 unspecified atom stereocenters. The van der Waals surface area contributed by atoms with Gasteiger partial charge in [-0.05, 0) is 37.4 Å². The Morgan fingerprint density at radius 3 is 2.60 bits per heavy atom. The summed E-state index contributed by atoms with van der Waals surface area (Å²) in [5.74, 6) is 1.17. The van der Waals surface area contributed by atoms with Crippen molar-refractivity contribution in [2.45, 2.75) is 64.7 Å². The third-order valence-corrected chi connectivity index (χ3v) is 5.09. The molecule has 0 saturated carbocycles. The van der Waals surface area contributed by atoms with Crippen molar-refractivity contribution in [1.82, 2.24) is 10.3 Å². The zero-order valence-corrected chi connectivity index (χ0v) is 14.3. The van der Waals surface area contributed by atoms with Crippen LogP contribution in [0.2, 0.25) is 0 Å². The molecule has 0 aliphatic rings. The topological polar surface area (TPSA) is 24.9 Å². The molecule has 1 rings (SSSR count). The maximum atomic E-state index is 4.60. The number of pyridine rings is 1. The van der Waals surface area contributed by atoms with Crippen molar-refractivity contribution in [3.05, 3.63) is 29.6 Å². The standard InChI is InChI=1S/C17H30N2S/c1-5-10-18-17(13-20-14(4)6-2)11-16-9-8-15(7-3)12-19-16/h8-9,12,14,17-18H,5-7,10-11,13H2,1-4H3. The number of hydrogen-bond donors (Lipinski definition) is 1. The van der Waals surface area contributed by atoms with Gasteiger partial charge in [-0.25, -0.2) is 0 Å². The summed E-state index contributed by atoms with van der Waals surface area (Å²) in [5.41, 5.74) is 2.53. The first kappa shape index (κ1) is 17.5. The van der Waals surface area contributed by atoms with Crippen molar-refractivity contribution >= 4 is 11.8 Å². The first-order chi connectivity index (χ1) is 9.69. The quantitative estimate of drug-likeness (QED) is 0.703. The van der Waals surface area contributed by atoms with Gasteiger partial charge in [0.05, 0.1) is 0 Å². The number of nitrogens with zero attached hydrogens (tertiary/aromatic N) is 1. The fourth-order valence-corrected chi connectivity index (χ4v) is 3.01. The van der Waals surface area contributed by atoms with Gasteiger partial charge in [-0.1, -0.05) is 33.8 Å². The monoisotopic (exact) mass is 294 g/mol. The Hall–Kier alpha value is -0.540. The average molecular weight is 295 g/mol. The molecule has 1 aromatic rings. The Bertz CT molecular complexity index is 351. The van der Waals surface area contributed by atoms with E-state index in [-0.39, 0.29) is 0 Å². The third kappa shape index (κ3) is 6.76. The lowest BCUT2D eigenvalue weighted by Gasteiger charge is -2.20. The van der Waals surface area contributed by atoms with E-state index in [1.54, 1.807) is 0 Å². The fourth-order valence-electron chi connectivity index (χ4n) is 1.97. The summed E-state index contributed by atoms with van der Waals surface area (Å²) < 4.78 is 0. The van der Waals surface area contributed by atoms with E-state index in [0.29, 0.717) is 6.04 Å². The lowest BCUT2D eigenvalue weighted by Crippen LogP contribution is -2.34. The molecule has 3 heteroatoms. The molecule has 0 amide bonds. The molecule has 0 aliphatic carbocycles. The highest BCUT2D eigenvalue weighted by molar-refractivity contribution is 7.99. The van der Waals surface area contributed by atoms with Gasteiger partial charge in [-0.2, -0.15) is 11.8 Å². The highest BCUT2D eigenvalue weighted by Gasteiger charge is 2.11. The highest BCUT2D eigenvalue weighted by atomic mass is 32.2. The Morgan fingerprint density at radius 1 is 1.25 bits per heavy atom. The highest BCUT2D eigenvalue weighted by Crippen LogP contribution is 2.16. The van der Waals surface area contributed by atoms with E-state index in [4.69, 9.17) is 0 Å². The molecule has 1 N–H and O–H groups in total. The predicted octanol–water partition coefficient (Wildman–Crippen LogP) is 4.09. The third-order valence-electron chi connectivity index (χ3n) is 3.59. The van der Waals surface area contributed by atoms with Gasteiger partial charge in [0.25, 0.3) is 0 Å². The minimum Gasteiger partial charge on any atom is -0.313 e. The van der Waals surface area contributed by atoms with Gasteiger partial charge >= 0.3 is 0 Å². The van der Waals surface area contributed by atoms with Crippen LogP contribution in [0.1, 0.15) is 51.8 Å². The predicted molar refractivity (Wildman–Crippen MR) is 91.6 cm³/mol. The number of aromatic nitrogens is 1.